The Balaban J connectivity index is 1.56. The van der Waals surface area contributed by atoms with Crippen LogP contribution >= 0.6 is 0 Å². The Labute approximate surface area is 143 Å². The van der Waals surface area contributed by atoms with Gasteiger partial charge in [0.15, 0.2) is 11.5 Å². The number of anilines is 1. The largest absolute Gasteiger partial charge is 0.485 e. The van der Waals surface area contributed by atoms with E-state index in [4.69, 9.17) is 9.47 Å². The molecule has 1 aliphatic heterocycles. The Hall–Kier alpha value is -3.22. The standard InChI is InChI=1S/C18H17N3O4/c1-20-12-8-7-11(9-13(12)21(2)18(20)23)19-17(22)16-10-24-14-5-3-4-6-15(14)25-16/h3-9,16H,10H2,1-2H3,(H,19,22). The van der Waals surface area contributed by atoms with Crippen LogP contribution in [0, 0.1) is 0 Å². The third-order valence-electron chi connectivity index (χ3n) is 4.34. The zero-order valence-electron chi connectivity index (χ0n) is 13.9. The van der Waals surface area contributed by atoms with Crippen LogP contribution in [0.1, 0.15) is 0 Å². The summed E-state index contributed by atoms with van der Waals surface area (Å²) in [5.41, 5.74) is 2.04. The maximum Gasteiger partial charge on any atom is 0.328 e. The minimum Gasteiger partial charge on any atom is -0.485 e. The molecule has 7 nitrogen and oxygen atoms in total. The molecule has 1 atom stereocenters. The average Bonchev–Trinajstić information content (AvgIpc) is 2.85. The summed E-state index contributed by atoms with van der Waals surface area (Å²) in [7, 11) is 3.42. The Bertz CT molecular complexity index is 1030. The fraction of sp³-hybridized carbons (Fsp3) is 0.222. The molecule has 1 amide bonds. The van der Waals surface area contributed by atoms with Crippen molar-refractivity contribution >= 4 is 22.6 Å². The maximum absolute atomic E-state index is 12.5. The highest BCUT2D eigenvalue weighted by Gasteiger charge is 2.27. The van der Waals surface area contributed by atoms with Gasteiger partial charge in [0, 0.05) is 19.8 Å². The van der Waals surface area contributed by atoms with E-state index in [-0.39, 0.29) is 18.2 Å². The molecule has 4 rings (SSSR count). The summed E-state index contributed by atoms with van der Waals surface area (Å²) in [6, 6.07) is 12.6. The smallest absolute Gasteiger partial charge is 0.328 e. The number of fused-ring (bicyclic) bond motifs is 2. The number of ether oxygens (including phenoxy) is 2. The molecular weight excluding hydrogens is 322 g/mol. The second kappa shape index (κ2) is 5.70. The first-order valence-corrected chi connectivity index (χ1v) is 7.89. The zero-order valence-corrected chi connectivity index (χ0v) is 13.9. The van der Waals surface area contributed by atoms with Crippen molar-refractivity contribution < 1.29 is 14.3 Å². The highest BCUT2D eigenvalue weighted by Crippen LogP contribution is 2.31. The molecule has 0 aliphatic carbocycles. The Morgan fingerprint density at radius 2 is 1.80 bits per heavy atom. The quantitative estimate of drug-likeness (QED) is 0.770. The molecule has 1 aromatic heterocycles. The number of carbonyl (C=O) groups is 1. The molecule has 0 bridgehead atoms. The molecular formula is C18H17N3O4. The van der Waals surface area contributed by atoms with Gasteiger partial charge in [-0.15, -0.1) is 0 Å². The van der Waals surface area contributed by atoms with Crippen LogP contribution in [0.2, 0.25) is 0 Å². The first kappa shape index (κ1) is 15.3. The number of rotatable bonds is 2. The van der Waals surface area contributed by atoms with Gasteiger partial charge in [-0.25, -0.2) is 4.79 Å². The summed E-state index contributed by atoms with van der Waals surface area (Å²) in [5.74, 6) is 0.886. The van der Waals surface area contributed by atoms with E-state index < -0.39 is 6.10 Å². The van der Waals surface area contributed by atoms with Gasteiger partial charge >= 0.3 is 5.69 Å². The molecule has 0 fully saturated rings. The van der Waals surface area contributed by atoms with E-state index >= 15 is 0 Å². The molecule has 0 radical (unpaired) electrons. The third kappa shape index (κ3) is 2.53. The second-order valence-electron chi connectivity index (χ2n) is 5.96. The molecule has 2 aromatic carbocycles. The fourth-order valence-electron chi connectivity index (χ4n) is 2.96. The number of hydrogen-bond donors (Lipinski definition) is 1. The Morgan fingerprint density at radius 3 is 2.60 bits per heavy atom. The first-order chi connectivity index (χ1) is 12.0. The van der Waals surface area contributed by atoms with Gasteiger partial charge in [-0.3, -0.25) is 13.9 Å². The van der Waals surface area contributed by atoms with Crippen molar-refractivity contribution in [2.45, 2.75) is 6.10 Å². The van der Waals surface area contributed by atoms with Crippen LogP contribution in [0.15, 0.2) is 47.3 Å². The predicted molar refractivity (Wildman–Crippen MR) is 93.1 cm³/mol. The summed E-state index contributed by atoms with van der Waals surface area (Å²) < 4.78 is 14.4. The summed E-state index contributed by atoms with van der Waals surface area (Å²) in [5, 5.41) is 2.82. The first-order valence-electron chi connectivity index (χ1n) is 7.89. The molecule has 2 heterocycles. The highest BCUT2D eigenvalue weighted by atomic mass is 16.6. The molecule has 1 N–H and O–H groups in total. The van der Waals surface area contributed by atoms with Gasteiger partial charge in [-0.05, 0) is 30.3 Å². The SMILES string of the molecule is Cn1c(=O)n(C)c2cc(NC(=O)C3COc4ccccc4O3)ccc21. The number of imidazole rings is 1. The van der Waals surface area contributed by atoms with Crippen molar-refractivity contribution in [1.82, 2.24) is 9.13 Å². The van der Waals surface area contributed by atoms with E-state index in [0.717, 1.165) is 11.0 Å². The van der Waals surface area contributed by atoms with Crippen LogP contribution in [-0.4, -0.2) is 27.8 Å². The fourth-order valence-corrected chi connectivity index (χ4v) is 2.96. The minimum absolute atomic E-state index is 0.112. The van der Waals surface area contributed by atoms with Gasteiger partial charge < -0.3 is 14.8 Å². The number of amides is 1. The van der Waals surface area contributed by atoms with E-state index in [9.17, 15) is 9.59 Å². The zero-order chi connectivity index (χ0) is 17.6. The highest BCUT2D eigenvalue weighted by molar-refractivity contribution is 5.96. The summed E-state index contributed by atoms with van der Waals surface area (Å²) in [6.07, 6.45) is -0.731. The van der Waals surface area contributed by atoms with Gasteiger partial charge in [0.05, 0.1) is 11.0 Å². The maximum atomic E-state index is 12.5. The molecule has 7 heteroatoms. The van der Waals surface area contributed by atoms with Crippen LogP contribution in [0.3, 0.4) is 0 Å². The van der Waals surface area contributed by atoms with Crippen LogP contribution in [0.4, 0.5) is 5.69 Å². The van der Waals surface area contributed by atoms with Crippen molar-refractivity contribution in [1.29, 1.82) is 0 Å². The van der Waals surface area contributed by atoms with Crippen molar-refractivity contribution in [3.8, 4) is 11.5 Å². The monoisotopic (exact) mass is 339 g/mol. The van der Waals surface area contributed by atoms with Crippen LogP contribution in [-0.2, 0) is 18.9 Å². The van der Waals surface area contributed by atoms with Crippen molar-refractivity contribution in [2.24, 2.45) is 14.1 Å². The molecule has 128 valence electrons. The Kier molecular flexibility index (Phi) is 3.49. The van der Waals surface area contributed by atoms with Gasteiger partial charge in [-0.2, -0.15) is 0 Å². The summed E-state index contributed by atoms with van der Waals surface area (Å²) >= 11 is 0. The molecule has 1 unspecified atom stereocenters. The number of aromatic nitrogens is 2. The lowest BCUT2D eigenvalue weighted by Gasteiger charge is -2.25. The average molecular weight is 339 g/mol. The van der Waals surface area contributed by atoms with Gasteiger partial charge in [-0.1, -0.05) is 12.1 Å². The van der Waals surface area contributed by atoms with Crippen molar-refractivity contribution in [3.63, 3.8) is 0 Å². The van der Waals surface area contributed by atoms with Crippen LogP contribution in [0.5, 0.6) is 11.5 Å². The van der Waals surface area contributed by atoms with E-state index in [1.54, 1.807) is 53.6 Å². The normalized spacial score (nSPS) is 16.0. The second-order valence-corrected chi connectivity index (χ2v) is 5.96. The number of aryl methyl sites for hydroxylation is 2. The van der Waals surface area contributed by atoms with E-state index in [1.807, 2.05) is 12.1 Å². The number of para-hydroxylation sites is 2. The lowest BCUT2D eigenvalue weighted by Crippen LogP contribution is -2.40. The lowest BCUT2D eigenvalue weighted by molar-refractivity contribution is -0.125. The molecule has 0 saturated heterocycles. The molecule has 0 spiro atoms. The van der Waals surface area contributed by atoms with Gasteiger partial charge in [0.25, 0.3) is 5.91 Å². The van der Waals surface area contributed by atoms with Gasteiger partial charge in [0.1, 0.15) is 6.61 Å². The van der Waals surface area contributed by atoms with E-state index in [1.165, 1.54) is 0 Å². The van der Waals surface area contributed by atoms with Gasteiger partial charge in [0.2, 0.25) is 6.10 Å². The molecule has 3 aromatic rings. The summed E-state index contributed by atoms with van der Waals surface area (Å²) in [4.78, 5) is 24.5. The Morgan fingerprint density at radius 1 is 1.08 bits per heavy atom. The number of nitrogens with one attached hydrogen (secondary N) is 1. The number of benzene rings is 2. The van der Waals surface area contributed by atoms with Crippen LogP contribution in [0.25, 0.3) is 11.0 Å². The number of hydrogen-bond acceptors (Lipinski definition) is 4. The lowest BCUT2D eigenvalue weighted by atomic mass is 10.2. The molecule has 25 heavy (non-hydrogen) atoms. The minimum atomic E-state index is -0.731. The number of carbonyl (C=O) groups excluding carboxylic acids is 1. The third-order valence-corrected chi connectivity index (χ3v) is 4.34. The molecule has 1 aliphatic rings. The topological polar surface area (TPSA) is 74.5 Å². The summed E-state index contributed by atoms with van der Waals surface area (Å²) in [6.45, 7) is 0.148. The van der Waals surface area contributed by atoms with Crippen molar-refractivity contribution in [3.05, 3.63) is 52.9 Å². The predicted octanol–water partition coefficient (Wildman–Crippen LogP) is 1.66. The number of nitrogens with zero attached hydrogens (tertiary/aromatic N) is 2. The van der Waals surface area contributed by atoms with E-state index in [2.05, 4.69) is 5.32 Å². The van der Waals surface area contributed by atoms with Crippen LogP contribution < -0.4 is 20.5 Å². The molecule has 0 saturated carbocycles. The van der Waals surface area contributed by atoms with E-state index in [0.29, 0.717) is 17.2 Å². The van der Waals surface area contributed by atoms with Crippen molar-refractivity contribution in [2.75, 3.05) is 11.9 Å².